The number of hydrogen-bond donors (Lipinski definition) is 2. The van der Waals surface area contributed by atoms with Crippen molar-refractivity contribution in [2.24, 2.45) is 0 Å². The maximum atomic E-state index is 11.9. The van der Waals surface area contributed by atoms with E-state index in [1.54, 1.807) is 0 Å². The quantitative estimate of drug-likeness (QED) is 0.776. The molecule has 0 radical (unpaired) electrons. The van der Waals surface area contributed by atoms with E-state index >= 15 is 0 Å². The van der Waals surface area contributed by atoms with Crippen molar-refractivity contribution in [1.29, 1.82) is 0 Å². The maximum Gasteiger partial charge on any atom is 0.268 e. The van der Waals surface area contributed by atoms with Crippen molar-refractivity contribution in [3.63, 3.8) is 0 Å². The maximum absolute atomic E-state index is 11.9. The molecule has 1 fully saturated rings. The normalized spacial score (nSPS) is 15.2. The summed E-state index contributed by atoms with van der Waals surface area (Å²) in [5.74, 6) is -0.447. The summed E-state index contributed by atoms with van der Waals surface area (Å²) >= 11 is 0. The third-order valence-corrected chi connectivity index (χ3v) is 4.49. The second kappa shape index (κ2) is 4.49. The highest BCUT2D eigenvalue weighted by Gasteiger charge is 2.37. The van der Waals surface area contributed by atoms with Crippen molar-refractivity contribution in [3.8, 4) is 5.75 Å². The van der Waals surface area contributed by atoms with Gasteiger partial charge in [-0.1, -0.05) is 0 Å². The summed E-state index contributed by atoms with van der Waals surface area (Å²) in [4.78, 5) is 11.9. The topological polar surface area (TPSA) is 98.5 Å². The van der Waals surface area contributed by atoms with Crippen LogP contribution in [0.2, 0.25) is 0 Å². The summed E-state index contributed by atoms with van der Waals surface area (Å²) in [6, 6.07) is 4.42. The van der Waals surface area contributed by atoms with Crippen molar-refractivity contribution < 1.29 is 17.9 Å². The number of benzene rings is 1. The van der Waals surface area contributed by atoms with Crippen molar-refractivity contribution in [2.75, 3.05) is 12.8 Å². The monoisotopic (exact) mass is 270 g/mol. The molecule has 0 aromatic heterocycles. The van der Waals surface area contributed by atoms with Gasteiger partial charge in [-0.25, -0.2) is 13.1 Å². The van der Waals surface area contributed by atoms with Gasteiger partial charge in [0.05, 0.1) is 17.9 Å². The van der Waals surface area contributed by atoms with Gasteiger partial charge in [0.2, 0.25) is 10.0 Å². The number of rotatable bonds is 4. The van der Waals surface area contributed by atoms with Crippen LogP contribution in [0.4, 0.5) is 5.69 Å². The summed E-state index contributed by atoms with van der Waals surface area (Å²) < 4.78 is 30.3. The molecule has 7 heteroatoms. The number of carbonyl (C=O) groups is 1. The van der Waals surface area contributed by atoms with E-state index in [0.717, 1.165) is 0 Å². The van der Waals surface area contributed by atoms with E-state index in [1.165, 1.54) is 25.3 Å². The van der Waals surface area contributed by atoms with Gasteiger partial charge in [-0.2, -0.15) is 0 Å². The van der Waals surface area contributed by atoms with E-state index in [9.17, 15) is 13.2 Å². The van der Waals surface area contributed by atoms with Gasteiger partial charge in [0.15, 0.2) is 0 Å². The van der Waals surface area contributed by atoms with Gasteiger partial charge >= 0.3 is 0 Å². The van der Waals surface area contributed by atoms with Gasteiger partial charge in [0, 0.05) is 11.8 Å². The molecule has 0 aliphatic heterocycles. The van der Waals surface area contributed by atoms with Crippen LogP contribution in [0.1, 0.15) is 23.2 Å². The van der Waals surface area contributed by atoms with Crippen molar-refractivity contribution >= 4 is 21.6 Å². The summed E-state index contributed by atoms with van der Waals surface area (Å²) in [5, 5.41) is -0.443. The highest BCUT2D eigenvalue weighted by Crippen LogP contribution is 2.28. The molecule has 6 nitrogen and oxygen atoms in total. The lowest BCUT2D eigenvalue weighted by molar-refractivity contribution is 0.0978. The third-order valence-electron chi connectivity index (χ3n) is 2.67. The lowest BCUT2D eigenvalue weighted by atomic mass is 10.2. The minimum Gasteiger partial charge on any atom is -0.496 e. The van der Waals surface area contributed by atoms with Crippen LogP contribution >= 0.6 is 0 Å². The molecule has 0 saturated heterocycles. The zero-order chi connectivity index (χ0) is 13.3. The summed E-state index contributed by atoms with van der Waals surface area (Å²) in [6.45, 7) is 0. The van der Waals surface area contributed by atoms with Crippen LogP contribution in [-0.4, -0.2) is 26.7 Å². The van der Waals surface area contributed by atoms with Crippen molar-refractivity contribution in [1.82, 2.24) is 4.72 Å². The van der Waals surface area contributed by atoms with Gasteiger partial charge in [-0.05, 0) is 25.0 Å². The minimum absolute atomic E-state index is 0.149. The van der Waals surface area contributed by atoms with E-state index in [-0.39, 0.29) is 11.3 Å². The van der Waals surface area contributed by atoms with Crippen LogP contribution in [0.5, 0.6) is 5.75 Å². The lowest BCUT2D eigenvalue weighted by Gasteiger charge is -2.10. The lowest BCUT2D eigenvalue weighted by Crippen LogP contribution is -2.33. The van der Waals surface area contributed by atoms with E-state index in [1.807, 2.05) is 4.72 Å². The highest BCUT2D eigenvalue weighted by molar-refractivity contribution is 7.91. The molecule has 1 aliphatic rings. The molecular formula is C11H14N2O4S. The number of anilines is 1. The number of nitrogen functional groups attached to an aromatic ring is 1. The fraction of sp³-hybridized carbons (Fsp3) is 0.364. The minimum atomic E-state index is -3.56. The first-order chi connectivity index (χ1) is 8.44. The first kappa shape index (κ1) is 12.7. The summed E-state index contributed by atoms with van der Waals surface area (Å²) in [6.07, 6.45) is 1.20. The third kappa shape index (κ3) is 2.56. The number of sulfonamides is 1. The fourth-order valence-electron chi connectivity index (χ4n) is 1.54. The number of ether oxygens (including phenoxy) is 1. The average molecular weight is 270 g/mol. The molecule has 1 aromatic rings. The van der Waals surface area contributed by atoms with Crippen LogP contribution in [0.15, 0.2) is 18.2 Å². The Morgan fingerprint density at radius 1 is 1.44 bits per heavy atom. The van der Waals surface area contributed by atoms with Gasteiger partial charge in [0.1, 0.15) is 5.75 Å². The Hall–Kier alpha value is -1.76. The van der Waals surface area contributed by atoms with E-state index in [2.05, 4.69) is 0 Å². The molecule has 2 rings (SSSR count). The van der Waals surface area contributed by atoms with Crippen LogP contribution in [0, 0.1) is 0 Å². The Morgan fingerprint density at radius 2 is 2.11 bits per heavy atom. The molecule has 1 aliphatic carbocycles. The number of nitrogens with one attached hydrogen (secondary N) is 1. The molecule has 1 amide bonds. The molecule has 1 saturated carbocycles. The second-order valence-corrected chi connectivity index (χ2v) is 6.10. The first-order valence-corrected chi connectivity index (χ1v) is 6.98. The first-order valence-electron chi connectivity index (χ1n) is 5.43. The fourth-order valence-corrected chi connectivity index (χ4v) is 2.83. The van der Waals surface area contributed by atoms with Gasteiger partial charge < -0.3 is 10.5 Å². The van der Waals surface area contributed by atoms with Crippen LogP contribution in [0.25, 0.3) is 0 Å². The van der Waals surface area contributed by atoms with Gasteiger partial charge in [-0.15, -0.1) is 0 Å². The SMILES string of the molecule is COc1cc(N)ccc1C(=O)NS(=O)(=O)C1CC1. The molecule has 0 heterocycles. The van der Waals surface area contributed by atoms with E-state index < -0.39 is 21.2 Å². The molecule has 0 atom stereocenters. The predicted molar refractivity (Wildman–Crippen MR) is 66.8 cm³/mol. The molecular weight excluding hydrogens is 256 g/mol. The van der Waals surface area contributed by atoms with Crippen LogP contribution in [-0.2, 0) is 10.0 Å². The Bertz CT molecular complexity index is 579. The second-order valence-electron chi connectivity index (χ2n) is 4.14. The molecule has 18 heavy (non-hydrogen) atoms. The smallest absolute Gasteiger partial charge is 0.268 e. The van der Waals surface area contributed by atoms with Gasteiger partial charge in [-0.3, -0.25) is 4.79 Å². The zero-order valence-corrected chi connectivity index (χ0v) is 10.7. The van der Waals surface area contributed by atoms with Crippen LogP contribution in [0.3, 0.4) is 0 Å². The standard InChI is InChI=1S/C11H14N2O4S/c1-17-10-6-7(12)2-5-9(10)11(14)13-18(15,16)8-3-4-8/h2,5-6,8H,3-4,12H2,1H3,(H,13,14). The Labute approximate surface area is 105 Å². The molecule has 0 spiro atoms. The van der Waals surface area contributed by atoms with Crippen LogP contribution < -0.4 is 15.2 Å². The molecule has 1 aromatic carbocycles. The number of nitrogens with two attached hydrogens (primary N) is 1. The summed E-state index contributed by atoms with van der Waals surface area (Å²) in [7, 11) is -2.17. The Balaban J connectivity index is 2.23. The number of carbonyl (C=O) groups excluding carboxylic acids is 1. The number of methoxy groups -OCH3 is 1. The number of amides is 1. The van der Waals surface area contributed by atoms with E-state index in [0.29, 0.717) is 18.5 Å². The Kier molecular flexibility index (Phi) is 3.16. The highest BCUT2D eigenvalue weighted by atomic mass is 32.2. The predicted octanol–water partition coefficient (Wildman–Crippen LogP) is 0.499. The summed E-state index contributed by atoms with van der Waals surface area (Å²) in [5.41, 5.74) is 6.15. The Morgan fingerprint density at radius 3 is 2.67 bits per heavy atom. The van der Waals surface area contributed by atoms with E-state index in [4.69, 9.17) is 10.5 Å². The number of hydrogen-bond acceptors (Lipinski definition) is 5. The zero-order valence-electron chi connectivity index (χ0n) is 9.84. The molecule has 0 bridgehead atoms. The molecule has 3 N–H and O–H groups in total. The average Bonchev–Trinajstić information content (AvgIpc) is 3.11. The molecule has 98 valence electrons. The largest absolute Gasteiger partial charge is 0.496 e. The van der Waals surface area contributed by atoms with Crippen molar-refractivity contribution in [3.05, 3.63) is 23.8 Å². The van der Waals surface area contributed by atoms with Gasteiger partial charge in [0.25, 0.3) is 5.91 Å². The van der Waals surface area contributed by atoms with Crippen molar-refractivity contribution in [2.45, 2.75) is 18.1 Å². The molecule has 0 unspecified atom stereocenters.